The molecule has 6 nitrogen and oxygen atoms in total. The van der Waals surface area contributed by atoms with Gasteiger partial charge in [-0.2, -0.15) is 0 Å². The van der Waals surface area contributed by atoms with Crippen molar-refractivity contribution in [2.45, 2.75) is 40.3 Å². The molecule has 3 aromatic heterocycles. The second kappa shape index (κ2) is 8.49. The van der Waals surface area contributed by atoms with Gasteiger partial charge in [0.15, 0.2) is 0 Å². The Morgan fingerprint density at radius 2 is 1.84 bits per heavy atom. The van der Waals surface area contributed by atoms with E-state index < -0.39 is 5.97 Å². The fourth-order valence-electron chi connectivity index (χ4n) is 3.96. The predicted octanol–water partition coefficient (Wildman–Crippen LogP) is 5.21. The van der Waals surface area contributed by atoms with Crippen LogP contribution in [0.15, 0.2) is 48.8 Å². The van der Waals surface area contributed by atoms with E-state index in [1.807, 2.05) is 55.2 Å². The first kappa shape index (κ1) is 21.6. The highest BCUT2D eigenvalue weighted by Gasteiger charge is 2.22. The van der Waals surface area contributed by atoms with Crippen molar-refractivity contribution in [3.05, 3.63) is 77.1 Å². The zero-order valence-electron chi connectivity index (χ0n) is 18.8. The molecular formula is C25H26FN3O3. The molecule has 0 aliphatic rings. The normalized spacial score (nSPS) is 11.3. The predicted molar refractivity (Wildman–Crippen MR) is 121 cm³/mol. The molecule has 32 heavy (non-hydrogen) atoms. The maximum atomic E-state index is 13.4. The number of ether oxygens (including phenoxy) is 2. The lowest BCUT2D eigenvalue weighted by Gasteiger charge is -2.15. The summed E-state index contributed by atoms with van der Waals surface area (Å²) in [5, 5.41) is 0. The van der Waals surface area contributed by atoms with Crippen LogP contribution in [0, 0.1) is 19.7 Å². The van der Waals surface area contributed by atoms with Crippen molar-refractivity contribution in [2.24, 2.45) is 0 Å². The zero-order chi connectivity index (χ0) is 23.0. The molecule has 166 valence electrons. The Kier molecular flexibility index (Phi) is 5.74. The number of aryl methyl sites for hydroxylation is 1. The van der Waals surface area contributed by atoms with E-state index in [0.717, 1.165) is 39.3 Å². The van der Waals surface area contributed by atoms with Gasteiger partial charge in [0.1, 0.15) is 17.3 Å². The SMILES string of the molecule is COc1c(C)cnc(Cn2c(C(=O)OC(C)C)cc3c2ccn3-c2ccc(F)cc2)c1C. The van der Waals surface area contributed by atoms with Gasteiger partial charge in [-0.25, -0.2) is 9.18 Å². The largest absolute Gasteiger partial charge is 0.496 e. The number of benzene rings is 1. The molecular weight excluding hydrogens is 409 g/mol. The molecule has 0 aliphatic heterocycles. The fraction of sp³-hybridized carbons (Fsp3) is 0.280. The lowest BCUT2D eigenvalue weighted by atomic mass is 10.1. The van der Waals surface area contributed by atoms with Crippen LogP contribution in [0.4, 0.5) is 4.39 Å². The van der Waals surface area contributed by atoms with E-state index in [9.17, 15) is 9.18 Å². The van der Waals surface area contributed by atoms with E-state index in [1.54, 1.807) is 25.4 Å². The first-order valence-corrected chi connectivity index (χ1v) is 10.5. The summed E-state index contributed by atoms with van der Waals surface area (Å²) in [7, 11) is 1.64. The summed E-state index contributed by atoms with van der Waals surface area (Å²) in [5.74, 6) is 0.0814. The third-order valence-electron chi connectivity index (χ3n) is 5.47. The molecule has 0 fully saturated rings. The third kappa shape index (κ3) is 3.86. The number of hydrogen-bond acceptors (Lipinski definition) is 4. The first-order valence-electron chi connectivity index (χ1n) is 10.5. The van der Waals surface area contributed by atoms with Gasteiger partial charge in [-0.3, -0.25) is 4.98 Å². The lowest BCUT2D eigenvalue weighted by Crippen LogP contribution is -2.17. The van der Waals surface area contributed by atoms with Gasteiger partial charge in [0, 0.05) is 29.2 Å². The van der Waals surface area contributed by atoms with Crippen molar-refractivity contribution >= 4 is 17.0 Å². The molecule has 0 unspecified atom stereocenters. The summed E-state index contributed by atoms with van der Waals surface area (Å²) in [6, 6.07) is 9.98. The van der Waals surface area contributed by atoms with Gasteiger partial charge < -0.3 is 18.6 Å². The average molecular weight is 435 g/mol. The molecule has 1 aromatic carbocycles. The number of nitrogens with zero attached hydrogens (tertiary/aromatic N) is 3. The van der Waals surface area contributed by atoms with Crippen LogP contribution in [-0.2, 0) is 11.3 Å². The van der Waals surface area contributed by atoms with Gasteiger partial charge in [-0.15, -0.1) is 0 Å². The minimum absolute atomic E-state index is 0.247. The van der Waals surface area contributed by atoms with E-state index in [0.29, 0.717) is 12.2 Å². The lowest BCUT2D eigenvalue weighted by molar-refractivity contribution is 0.0366. The Balaban J connectivity index is 1.86. The Bertz CT molecular complexity index is 1290. The quantitative estimate of drug-likeness (QED) is 0.391. The number of carbonyl (C=O) groups is 1. The molecule has 0 bridgehead atoms. The highest BCUT2D eigenvalue weighted by atomic mass is 19.1. The van der Waals surface area contributed by atoms with Crippen LogP contribution in [-0.4, -0.2) is 33.3 Å². The summed E-state index contributed by atoms with van der Waals surface area (Å²) in [6.07, 6.45) is 3.43. The summed E-state index contributed by atoms with van der Waals surface area (Å²) >= 11 is 0. The van der Waals surface area contributed by atoms with Crippen molar-refractivity contribution < 1.29 is 18.7 Å². The molecule has 4 aromatic rings. The van der Waals surface area contributed by atoms with Crippen LogP contribution in [0.3, 0.4) is 0 Å². The van der Waals surface area contributed by atoms with E-state index in [4.69, 9.17) is 9.47 Å². The molecule has 0 saturated heterocycles. The molecule has 0 atom stereocenters. The number of esters is 1. The van der Waals surface area contributed by atoms with E-state index in [2.05, 4.69) is 4.98 Å². The minimum atomic E-state index is -0.404. The van der Waals surface area contributed by atoms with E-state index in [1.165, 1.54) is 12.1 Å². The number of rotatable bonds is 6. The van der Waals surface area contributed by atoms with Crippen molar-refractivity contribution in [3.63, 3.8) is 0 Å². The van der Waals surface area contributed by atoms with Crippen LogP contribution in [0.2, 0.25) is 0 Å². The molecule has 0 N–H and O–H groups in total. The van der Waals surface area contributed by atoms with Gasteiger partial charge in [0.05, 0.1) is 36.5 Å². The van der Waals surface area contributed by atoms with Crippen molar-refractivity contribution in [3.8, 4) is 11.4 Å². The Hall–Kier alpha value is -3.61. The van der Waals surface area contributed by atoms with Crippen molar-refractivity contribution in [1.29, 1.82) is 0 Å². The summed E-state index contributed by atoms with van der Waals surface area (Å²) < 4.78 is 28.3. The highest BCUT2D eigenvalue weighted by molar-refractivity contribution is 5.95. The molecule has 3 heterocycles. The van der Waals surface area contributed by atoms with Gasteiger partial charge in [-0.1, -0.05) is 0 Å². The standard InChI is InChI=1S/C25H26FN3O3/c1-15(2)32-25(30)23-12-22-21(10-11-28(22)19-8-6-18(26)7-9-19)29(23)14-20-17(4)24(31-5)16(3)13-27-20/h6-13,15H,14H2,1-5H3. The Morgan fingerprint density at radius 1 is 1.12 bits per heavy atom. The van der Waals surface area contributed by atoms with E-state index >= 15 is 0 Å². The topological polar surface area (TPSA) is 58.3 Å². The number of aromatic nitrogens is 3. The minimum Gasteiger partial charge on any atom is -0.496 e. The number of carbonyl (C=O) groups excluding carboxylic acids is 1. The Morgan fingerprint density at radius 3 is 2.50 bits per heavy atom. The smallest absolute Gasteiger partial charge is 0.355 e. The summed E-state index contributed by atoms with van der Waals surface area (Å²) in [4.78, 5) is 17.5. The molecule has 0 amide bonds. The van der Waals surface area contributed by atoms with Crippen LogP contribution in [0.1, 0.15) is 41.2 Å². The third-order valence-corrected chi connectivity index (χ3v) is 5.47. The Labute approximate surface area is 186 Å². The number of fused-ring (bicyclic) bond motifs is 1. The van der Waals surface area contributed by atoms with Crippen LogP contribution in [0.5, 0.6) is 5.75 Å². The van der Waals surface area contributed by atoms with Gasteiger partial charge >= 0.3 is 5.97 Å². The number of methoxy groups -OCH3 is 1. The molecule has 0 saturated carbocycles. The molecule has 7 heteroatoms. The van der Waals surface area contributed by atoms with Crippen LogP contribution >= 0.6 is 0 Å². The zero-order valence-corrected chi connectivity index (χ0v) is 18.8. The number of hydrogen-bond donors (Lipinski definition) is 0. The molecule has 0 radical (unpaired) electrons. The fourth-order valence-corrected chi connectivity index (χ4v) is 3.96. The van der Waals surface area contributed by atoms with Gasteiger partial charge in [0.2, 0.25) is 0 Å². The summed E-state index contributed by atoms with van der Waals surface area (Å²) in [5.41, 5.74) is 5.59. The van der Waals surface area contributed by atoms with Gasteiger partial charge in [0.25, 0.3) is 0 Å². The second-order valence-corrected chi connectivity index (χ2v) is 8.05. The number of halogens is 1. The first-order chi connectivity index (χ1) is 15.3. The maximum absolute atomic E-state index is 13.4. The van der Waals surface area contributed by atoms with Crippen LogP contribution in [0.25, 0.3) is 16.7 Å². The van der Waals surface area contributed by atoms with Gasteiger partial charge in [-0.05, 0) is 64.1 Å². The average Bonchev–Trinajstić information content (AvgIpc) is 3.31. The molecule has 4 rings (SSSR count). The van der Waals surface area contributed by atoms with Crippen molar-refractivity contribution in [2.75, 3.05) is 7.11 Å². The monoisotopic (exact) mass is 435 g/mol. The van der Waals surface area contributed by atoms with Crippen LogP contribution < -0.4 is 4.74 Å². The molecule has 0 aliphatic carbocycles. The summed E-state index contributed by atoms with van der Waals surface area (Å²) in [6.45, 7) is 7.93. The highest BCUT2D eigenvalue weighted by Crippen LogP contribution is 2.29. The maximum Gasteiger partial charge on any atom is 0.355 e. The number of pyridine rings is 1. The second-order valence-electron chi connectivity index (χ2n) is 8.05. The van der Waals surface area contributed by atoms with Crippen molar-refractivity contribution in [1.82, 2.24) is 14.1 Å². The molecule has 0 spiro atoms. The van der Waals surface area contributed by atoms with E-state index in [-0.39, 0.29) is 11.9 Å².